The molecule has 100 valence electrons. The second kappa shape index (κ2) is 6.87. The molecule has 0 aliphatic rings. The fourth-order valence-corrected chi connectivity index (χ4v) is 2.44. The Bertz CT molecular complexity index is 448. The summed E-state index contributed by atoms with van der Waals surface area (Å²) in [4.78, 5) is 0. The van der Waals surface area contributed by atoms with Gasteiger partial charge in [0.25, 0.3) is 0 Å². The van der Waals surface area contributed by atoms with Crippen LogP contribution in [0.3, 0.4) is 0 Å². The first-order chi connectivity index (χ1) is 7.72. The largest absolute Gasteiger partial charge is 0.415 e. The van der Waals surface area contributed by atoms with Crippen molar-refractivity contribution in [2.24, 2.45) is 0 Å². The Balaban J connectivity index is 4.36. The molecule has 0 fully saturated rings. The van der Waals surface area contributed by atoms with Gasteiger partial charge in [0.1, 0.15) is 0 Å². The molecule has 0 spiro atoms. The number of ether oxygens (including phenoxy) is 1. The molecule has 0 heterocycles. The Labute approximate surface area is 101 Å². The van der Waals surface area contributed by atoms with Crippen LogP contribution >= 0.6 is 0 Å². The van der Waals surface area contributed by atoms with E-state index in [4.69, 9.17) is 4.74 Å². The normalized spacial score (nSPS) is 14.2. The minimum absolute atomic E-state index is 0.0528. The average Bonchev–Trinajstić information content (AvgIpc) is 2.15. The van der Waals surface area contributed by atoms with Crippen LogP contribution in [-0.2, 0) is 33.1 Å². The van der Waals surface area contributed by atoms with Gasteiger partial charge in [-0.3, -0.25) is 0 Å². The van der Waals surface area contributed by atoms with Gasteiger partial charge in [-0.25, -0.2) is 4.18 Å². The minimum atomic E-state index is -4.65. The highest BCUT2D eigenvalue weighted by atomic mass is 32.3. The van der Waals surface area contributed by atoms with Crippen LogP contribution < -0.4 is 0 Å². The van der Waals surface area contributed by atoms with Gasteiger partial charge >= 0.3 is 20.5 Å². The topological polar surface area (TPSA) is 96.0 Å². The zero-order valence-electron chi connectivity index (χ0n) is 9.23. The highest BCUT2D eigenvalue weighted by molar-refractivity contribution is 7.99. The predicted molar refractivity (Wildman–Crippen MR) is 60.7 cm³/mol. The SMILES string of the molecule is C=CCOCC(C)OS(=O)(=O)OS(=O)(=O)C=C. The van der Waals surface area contributed by atoms with Crippen molar-refractivity contribution in [3.63, 3.8) is 0 Å². The van der Waals surface area contributed by atoms with Crippen LogP contribution in [0.15, 0.2) is 24.6 Å². The Morgan fingerprint density at radius 2 is 1.82 bits per heavy atom. The molecule has 0 rings (SSSR count). The summed E-state index contributed by atoms with van der Waals surface area (Å²) in [6.07, 6.45) is 0.583. The monoisotopic (exact) mass is 286 g/mol. The summed E-state index contributed by atoms with van der Waals surface area (Å²) in [5.41, 5.74) is 0. The molecule has 0 bridgehead atoms. The average molecular weight is 286 g/mol. The summed E-state index contributed by atoms with van der Waals surface area (Å²) in [7, 11) is -9.01. The third kappa shape index (κ3) is 8.05. The van der Waals surface area contributed by atoms with Gasteiger partial charge in [0.05, 0.1) is 24.7 Å². The van der Waals surface area contributed by atoms with Crippen molar-refractivity contribution in [2.75, 3.05) is 13.2 Å². The molecule has 0 saturated carbocycles. The maximum absolute atomic E-state index is 11.1. The molecule has 17 heavy (non-hydrogen) atoms. The van der Waals surface area contributed by atoms with E-state index in [1.165, 1.54) is 13.0 Å². The van der Waals surface area contributed by atoms with Gasteiger partial charge in [0.15, 0.2) is 0 Å². The molecule has 9 heteroatoms. The summed E-state index contributed by atoms with van der Waals surface area (Å²) in [5, 5.41) is 0.354. The van der Waals surface area contributed by atoms with Crippen LogP contribution in [-0.4, -0.2) is 36.2 Å². The van der Waals surface area contributed by atoms with Gasteiger partial charge in [0.2, 0.25) is 0 Å². The fourth-order valence-electron chi connectivity index (χ4n) is 0.706. The van der Waals surface area contributed by atoms with Crippen LogP contribution in [0.25, 0.3) is 0 Å². The first-order valence-corrected chi connectivity index (χ1v) is 7.23. The summed E-state index contributed by atoms with van der Waals surface area (Å²) in [6, 6.07) is 0. The van der Waals surface area contributed by atoms with E-state index in [1.807, 2.05) is 0 Å². The second-order valence-corrected chi connectivity index (χ2v) is 5.74. The van der Waals surface area contributed by atoms with Crippen molar-refractivity contribution < 1.29 is 29.4 Å². The third-order valence-electron chi connectivity index (χ3n) is 1.25. The molecule has 1 unspecified atom stereocenters. The van der Waals surface area contributed by atoms with Gasteiger partial charge in [-0.2, -0.15) is 16.8 Å². The molecule has 0 aliphatic heterocycles. The Hall–Kier alpha value is -0.740. The van der Waals surface area contributed by atoms with Crippen molar-refractivity contribution in [3.8, 4) is 0 Å². The molecule has 0 N–H and O–H groups in total. The van der Waals surface area contributed by atoms with Gasteiger partial charge in [-0.1, -0.05) is 12.7 Å². The van der Waals surface area contributed by atoms with E-state index in [0.717, 1.165) is 0 Å². The lowest BCUT2D eigenvalue weighted by Gasteiger charge is -2.11. The van der Waals surface area contributed by atoms with Crippen molar-refractivity contribution in [1.29, 1.82) is 0 Å². The van der Waals surface area contributed by atoms with Gasteiger partial charge < -0.3 is 4.74 Å². The van der Waals surface area contributed by atoms with E-state index in [-0.39, 0.29) is 13.2 Å². The molecule has 0 aromatic carbocycles. The maximum Gasteiger partial charge on any atom is 0.415 e. The van der Waals surface area contributed by atoms with Crippen LogP contribution in [0.4, 0.5) is 0 Å². The molecular weight excluding hydrogens is 272 g/mol. The van der Waals surface area contributed by atoms with Crippen molar-refractivity contribution in [1.82, 2.24) is 0 Å². The fraction of sp³-hybridized carbons (Fsp3) is 0.500. The number of hydrogen-bond acceptors (Lipinski definition) is 7. The van der Waals surface area contributed by atoms with E-state index < -0.39 is 26.6 Å². The summed E-state index contributed by atoms with van der Waals surface area (Å²) in [5.74, 6) is 0. The first-order valence-electron chi connectivity index (χ1n) is 4.43. The predicted octanol–water partition coefficient (Wildman–Crippen LogP) is 0.329. The Morgan fingerprint density at radius 3 is 2.29 bits per heavy atom. The van der Waals surface area contributed by atoms with Gasteiger partial charge in [-0.05, 0) is 6.92 Å². The smallest absolute Gasteiger partial charge is 0.375 e. The summed E-state index contributed by atoms with van der Waals surface area (Å²) in [6.45, 7) is 7.83. The molecule has 0 aliphatic carbocycles. The molecule has 0 amide bonds. The molecule has 0 radical (unpaired) electrons. The van der Waals surface area contributed by atoms with E-state index >= 15 is 0 Å². The number of rotatable bonds is 9. The molecule has 0 aromatic rings. The summed E-state index contributed by atoms with van der Waals surface area (Å²) >= 11 is 0. The van der Waals surface area contributed by atoms with Crippen LogP contribution in [0.1, 0.15) is 6.92 Å². The van der Waals surface area contributed by atoms with E-state index in [9.17, 15) is 16.8 Å². The maximum atomic E-state index is 11.1. The Kier molecular flexibility index (Phi) is 6.57. The summed E-state index contributed by atoms with van der Waals surface area (Å²) < 4.78 is 56.9. The van der Waals surface area contributed by atoms with Crippen molar-refractivity contribution >= 4 is 20.5 Å². The van der Waals surface area contributed by atoms with Crippen LogP contribution in [0.5, 0.6) is 0 Å². The zero-order valence-corrected chi connectivity index (χ0v) is 10.9. The number of hydrogen-bond donors (Lipinski definition) is 0. The lowest BCUT2D eigenvalue weighted by molar-refractivity contribution is 0.0714. The van der Waals surface area contributed by atoms with E-state index in [0.29, 0.717) is 5.41 Å². The van der Waals surface area contributed by atoms with E-state index in [2.05, 4.69) is 21.0 Å². The van der Waals surface area contributed by atoms with E-state index in [1.54, 1.807) is 0 Å². The van der Waals surface area contributed by atoms with Crippen LogP contribution in [0, 0.1) is 0 Å². The lowest BCUT2D eigenvalue weighted by atomic mass is 10.4. The molecule has 0 saturated heterocycles. The highest BCUT2D eigenvalue weighted by Gasteiger charge is 2.23. The minimum Gasteiger partial charge on any atom is -0.375 e. The highest BCUT2D eigenvalue weighted by Crippen LogP contribution is 2.07. The molecule has 0 aromatic heterocycles. The van der Waals surface area contributed by atoms with Crippen molar-refractivity contribution in [2.45, 2.75) is 13.0 Å². The zero-order chi connectivity index (χ0) is 13.5. The lowest BCUT2D eigenvalue weighted by Crippen LogP contribution is -2.23. The first kappa shape index (κ1) is 16.3. The second-order valence-electron chi connectivity index (χ2n) is 2.87. The Morgan fingerprint density at radius 1 is 1.24 bits per heavy atom. The molecule has 7 nitrogen and oxygen atoms in total. The van der Waals surface area contributed by atoms with Crippen LogP contribution in [0.2, 0.25) is 0 Å². The van der Waals surface area contributed by atoms with Gasteiger partial charge in [0, 0.05) is 0 Å². The third-order valence-corrected chi connectivity index (χ3v) is 3.65. The quantitative estimate of drug-likeness (QED) is 0.445. The molecule has 1 atom stereocenters. The molecular formula is C8H14O7S2. The standard InChI is InChI=1S/C8H14O7S2/c1-4-6-13-7-8(3)14-17(11,12)15-16(9,10)5-2/h4-5,8H,1-2,6-7H2,3H3. The van der Waals surface area contributed by atoms with Crippen molar-refractivity contribution in [3.05, 3.63) is 24.6 Å². The van der Waals surface area contributed by atoms with Gasteiger partial charge in [-0.15, -0.1) is 10.2 Å².